The van der Waals surface area contributed by atoms with E-state index in [1.807, 2.05) is 60.8 Å². The highest BCUT2D eigenvalue weighted by Crippen LogP contribution is 2.30. The molecule has 3 amide bonds. The van der Waals surface area contributed by atoms with Crippen LogP contribution in [-0.4, -0.2) is 81.5 Å². The van der Waals surface area contributed by atoms with E-state index in [0.29, 0.717) is 31.1 Å². The summed E-state index contributed by atoms with van der Waals surface area (Å²) in [4.78, 5) is 43.1. The highest BCUT2D eigenvalue weighted by Gasteiger charge is 2.40. The van der Waals surface area contributed by atoms with E-state index in [4.69, 9.17) is 4.74 Å². The fraction of sp³-hybridized carbons (Fsp3) is 0.485. The highest BCUT2D eigenvalue weighted by molar-refractivity contribution is 5.89. The molecule has 3 aromatic rings. The smallest absolute Gasteiger partial charge is 0.243 e. The van der Waals surface area contributed by atoms with Crippen molar-refractivity contribution in [3.05, 3.63) is 83.2 Å². The van der Waals surface area contributed by atoms with Crippen LogP contribution in [0.2, 0.25) is 0 Å². The van der Waals surface area contributed by atoms with E-state index in [9.17, 15) is 14.4 Å². The first-order chi connectivity index (χ1) is 21.4. The number of ether oxygens (including phenoxy) is 1. The number of hydrogen-bond acceptors (Lipinski definition) is 7. The number of nitrogens with zero attached hydrogens (tertiary/aromatic N) is 4. The quantitative estimate of drug-likeness (QED) is 0.407. The molecule has 0 unspecified atom stereocenters. The maximum Gasteiger partial charge on any atom is 0.243 e. The number of piperidine rings is 1. The first-order valence-electron chi connectivity index (χ1n) is 15.6. The molecule has 11 nitrogen and oxygen atoms in total. The summed E-state index contributed by atoms with van der Waals surface area (Å²) in [7, 11) is 0. The summed E-state index contributed by atoms with van der Waals surface area (Å²) in [5.74, 6) is -0.673. The van der Waals surface area contributed by atoms with Gasteiger partial charge in [-0.15, -0.1) is 5.10 Å². The van der Waals surface area contributed by atoms with Gasteiger partial charge in [-0.2, -0.15) is 0 Å². The number of hydrogen-bond donors (Lipinski definition) is 3. The zero-order chi connectivity index (χ0) is 30.4. The van der Waals surface area contributed by atoms with Crippen molar-refractivity contribution in [3.8, 4) is 0 Å². The molecule has 0 radical (unpaired) electrons. The van der Waals surface area contributed by atoms with Crippen molar-refractivity contribution in [1.82, 2.24) is 35.8 Å². The Hall–Kier alpha value is -4.09. The van der Waals surface area contributed by atoms with E-state index in [0.717, 1.165) is 55.8 Å². The summed E-state index contributed by atoms with van der Waals surface area (Å²) in [5, 5.41) is 17.8. The second-order valence-electron chi connectivity index (χ2n) is 12.3. The maximum atomic E-state index is 13.6. The Kier molecular flexibility index (Phi) is 9.32. The number of carbonyl (C=O) groups excluding carboxylic acids is 3. The van der Waals surface area contributed by atoms with Gasteiger partial charge in [0.15, 0.2) is 0 Å². The van der Waals surface area contributed by atoms with Gasteiger partial charge in [0.05, 0.1) is 24.2 Å². The van der Waals surface area contributed by atoms with Crippen LogP contribution in [0.15, 0.2) is 60.8 Å². The van der Waals surface area contributed by atoms with Crippen LogP contribution in [0.4, 0.5) is 0 Å². The lowest BCUT2D eigenvalue weighted by atomic mass is 9.82. The lowest BCUT2D eigenvalue weighted by molar-refractivity contribution is -0.131. The van der Waals surface area contributed by atoms with Gasteiger partial charge in [0, 0.05) is 57.9 Å². The zero-order valence-electron chi connectivity index (χ0n) is 25.0. The van der Waals surface area contributed by atoms with Crippen LogP contribution in [-0.2, 0) is 45.1 Å². The molecule has 3 N–H and O–H groups in total. The van der Waals surface area contributed by atoms with E-state index in [-0.39, 0.29) is 43.5 Å². The number of carbonyl (C=O) groups is 3. The van der Waals surface area contributed by atoms with Crippen LogP contribution in [0.1, 0.15) is 54.5 Å². The van der Waals surface area contributed by atoms with E-state index in [2.05, 4.69) is 31.2 Å². The second-order valence-corrected chi connectivity index (χ2v) is 12.3. The van der Waals surface area contributed by atoms with Gasteiger partial charge >= 0.3 is 0 Å². The van der Waals surface area contributed by atoms with Crippen LogP contribution in [0.3, 0.4) is 0 Å². The van der Waals surface area contributed by atoms with E-state index >= 15 is 0 Å². The average molecular weight is 600 g/mol. The van der Waals surface area contributed by atoms with Crippen molar-refractivity contribution in [2.75, 3.05) is 26.3 Å². The summed E-state index contributed by atoms with van der Waals surface area (Å²) in [5.41, 5.74) is 2.74. The third-order valence-electron chi connectivity index (χ3n) is 9.13. The molecule has 11 heteroatoms. The first kappa shape index (κ1) is 30.0. The minimum atomic E-state index is -0.840. The van der Waals surface area contributed by atoms with Crippen molar-refractivity contribution in [1.29, 1.82) is 0 Å². The van der Waals surface area contributed by atoms with Crippen molar-refractivity contribution in [3.63, 3.8) is 0 Å². The molecule has 0 bridgehead atoms. The molecule has 2 saturated heterocycles. The largest absolute Gasteiger partial charge is 0.381 e. The number of nitrogens with one attached hydrogen (secondary N) is 3. The lowest BCUT2D eigenvalue weighted by Gasteiger charge is -2.45. The van der Waals surface area contributed by atoms with Crippen LogP contribution in [0, 0.1) is 0 Å². The Morgan fingerprint density at radius 2 is 1.64 bits per heavy atom. The topological polar surface area (TPSA) is 130 Å². The molecule has 2 fully saturated rings. The van der Waals surface area contributed by atoms with Crippen LogP contribution >= 0.6 is 0 Å². The Bertz CT molecular complexity index is 1450. The van der Waals surface area contributed by atoms with Gasteiger partial charge < -0.3 is 25.6 Å². The minimum absolute atomic E-state index is 0.104. The van der Waals surface area contributed by atoms with Gasteiger partial charge in [-0.1, -0.05) is 59.8 Å². The van der Waals surface area contributed by atoms with Crippen LogP contribution < -0.4 is 16.0 Å². The molecule has 3 aliphatic rings. The average Bonchev–Trinajstić information content (AvgIpc) is 3.47. The molecule has 3 aliphatic heterocycles. The highest BCUT2D eigenvalue weighted by atomic mass is 16.5. The number of likely N-dealkylation sites (tertiary alicyclic amines) is 1. The number of rotatable bonds is 5. The van der Waals surface area contributed by atoms with E-state index < -0.39 is 11.6 Å². The van der Waals surface area contributed by atoms with Crippen molar-refractivity contribution < 1.29 is 19.1 Å². The Balaban J connectivity index is 1.21. The Morgan fingerprint density at radius 3 is 2.41 bits per heavy atom. The van der Waals surface area contributed by atoms with Gasteiger partial charge in [0.1, 0.15) is 6.04 Å². The standard InChI is InChI=1S/C33H41N7O4/c41-30-18-25-8-4-5-9-26(25)21-34-32(43)29(19-27-23-40(38-37-27)22-24-6-2-1-3-7-24)35-31(42)20-33(36-30)12-14-39(15-13-33)28-10-16-44-17-11-28/h1-9,23,28-29H,10-22H2,(H,34,43)(H,35,42)(H,36,41)/t29-/m1/s1. The minimum Gasteiger partial charge on any atom is -0.381 e. The summed E-state index contributed by atoms with van der Waals surface area (Å²) in [6, 6.07) is 17.2. The summed E-state index contributed by atoms with van der Waals surface area (Å²) in [6.07, 6.45) is 5.64. The molecule has 4 heterocycles. The first-order valence-corrected chi connectivity index (χ1v) is 15.6. The molecule has 232 valence electrons. The monoisotopic (exact) mass is 599 g/mol. The normalized spacial score (nSPS) is 22.1. The van der Waals surface area contributed by atoms with Gasteiger partial charge in [0.2, 0.25) is 17.7 Å². The SMILES string of the molecule is O=C1CC2(CCN(C3CCOCC3)CC2)NC(=O)Cc2ccccc2CNC(=O)[C@@H](Cc2cn(Cc3ccccc3)nn2)N1. The van der Waals surface area contributed by atoms with Gasteiger partial charge in [-0.25, -0.2) is 4.68 Å². The van der Waals surface area contributed by atoms with Gasteiger partial charge in [0.25, 0.3) is 0 Å². The fourth-order valence-electron chi connectivity index (χ4n) is 6.69. The van der Waals surface area contributed by atoms with Gasteiger partial charge in [-0.05, 0) is 42.4 Å². The number of benzene rings is 2. The lowest BCUT2D eigenvalue weighted by Crippen LogP contribution is -2.59. The fourth-order valence-corrected chi connectivity index (χ4v) is 6.69. The molecule has 0 saturated carbocycles. The summed E-state index contributed by atoms with van der Waals surface area (Å²) < 4.78 is 7.29. The molecular weight excluding hydrogens is 558 g/mol. The maximum absolute atomic E-state index is 13.6. The number of fused-ring (bicyclic) bond motifs is 1. The Labute approximate surface area is 257 Å². The summed E-state index contributed by atoms with van der Waals surface area (Å²) in [6.45, 7) is 3.94. The van der Waals surface area contributed by atoms with Crippen molar-refractivity contribution in [2.24, 2.45) is 0 Å². The predicted molar refractivity (Wildman–Crippen MR) is 163 cm³/mol. The van der Waals surface area contributed by atoms with Crippen LogP contribution in [0.5, 0.6) is 0 Å². The van der Waals surface area contributed by atoms with E-state index in [1.165, 1.54) is 0 Å². The zero-order valence-corrected chi connectivity index (χ0v) is 25.0. The third-order valence-corrected chi connectivity index (χ3v) is 9.13. The van der Waals surface area contributed by atoms with Crippen LogP contribution in [0.25, 0.3) is 0 Å². The third kappa shape index (κ3) is 7.51. The molecule has 0 aliphatic carbocycles. The molecule has 1 aromatic heterocycles. The van der Waals surface area contributed by atoms with Crippen molar-refractivity contribution >= 4 is 17.7 Å². The number of amides is 3. The number of aromatic nitrogens is 3. The summed E-state index contributed by atoms with van der Waals surface area (Å²) >= 11 is 0. The second kappa shape index (κ2) is 13.7. The van der Waals surface area contributed by atoms with E-state index in [1.54, 1.807) is 4.68 Å². The van der Waals surface area contributed by atoms with Crippen molar-refractivity contribution in [2.45, 2.75) is 75.7 Å². The predicted octanol–water partition coefficient (Wildman–Crippen LogP) is 1.75. The Morgan fingerprint density at radius 1 is 0.909 bits per heavy atom. The van der Waals surface area contributed by atoms with Gasteiger partial charge in [-0.3, -0.25) is 14.4 Å². The molecule has 1 atom stereocenters. The molecule has 6 rings (SSSR count). The molecule has 1 spiro atoms. The molecule has 44 heavy (non-hydrogen) atoms. The molecular formula is C33H41N7O4. The molecule has 2 aromatic carbocycles.